The number of aromatic nitrogens is 1. The maximum atomic E-state index is 12.3. The summed E-state index contributed by atoms with van der Waals surface area (Å²) >= 11 is 0. The SMILES string of the molecule is COc1c[nH]c(C(=O)NC[C@@H]2CCCN3CCCC[C@H]23)cc1=O.Cl. The second-order valence-electron chi connectivity index (χ2n) is 6.49. The molecule has 2 atom stereocenters. The van der Waals surface area contributed by atoms with Crippen molar-refractivity contribution < 1.29 is 9.53 Å². The molecule has 7 heteroatoms. The van der Waals surface area contributed by atoms with Crippen LogP contribution in [0.15, 0.2) is 17.1 Å². The van der Waals surface area contributed by atoms with Crippen molar-refractivity contribution in [2.75, 3.05) is 26.7 Å². The number of halogens is 1. The number of amides is 1. The Morgan fingerprint density at radius 1 is 1.33 bits per heavy atom. The van der Waals surface area contributed by atoms with Gasteiger partial charge in [-0.1, -0.05) is 6.42 Å². The Bertz CT molecular complexity index is 617. The van der Waals surface area contributed by atoms with Crippen molar-refractivity contribution >= 4 is 18.3 Å². The molecule has 0 aliphatic carbocycles. The van der Waals surface area contributed by atoms with E-state index >= 15 is 0 Å². The van der Waals surface area contributed by atoms with Gasteiger partial charge < -0.3 is 19.9 Å². The molecule has 2 saturated heterocycles. The number of fused-ring (bicyclic) bond motifs is 1. The zero-order chi connectivity index (χ0) is 16.2. The molecule has 2 aliphatic heterocycles. The number of hydrogen-bond acceptors (Lipinski definition) is 4. The van der Waals surface area contributed by atoms with Crippen molar-refractivity contribution in [1.29, 1.82) is 0 Å². The Morgan fingerprint density at radius 3 is 2.88 bits per heavy atom. The Labute approximate surface area is 148 Å². The van der Waals surface area contributed by atoms with Gasteiger partial charge in [0.25, 0.3) is 5.91 Å². The maximum absolute atomic E-state index is 12.3. The third-order valence-corrected chi connectivity index (χ3v) is 5.10. The van der Waals surface area contributed by atoms with Crippen LogP contribution in [-0.4, -0.2) is 48.6 Å². The molecule has 1 amide bonds. The lowest BCUT2D eigenvalue weighted by Gasteiger charge is -2.44. The topological polar surface area (TPSA) is 74.4 Å². The van der Waals surface area contributed by atoms with Crippen LogP contribution in [0.1, 0.15) is 42.6 Å². The molecule has 3 rings (SSSR count). The predicted molar refractivity (Wildman–Crippen MR) is 95.1 cm³/mol. The van der Waals surface area contributed by atoms with E-state index in [0.29, 0.717) is 18.5 Å². The van der Waals surface area contributed by atoms with Crippen LogP contribution in [0.2, 0.25) is 0 Å². The Balaban J connectivity index is 0.00000208. The summed E-state index contributed by atoms with van der Waals surface area (Å²) in [4.78, 5) is 29.4. The number of carbonyl (C=O) groups is 1. The number of nitrogens with one attached hydrogen (secondary N) is 2. The third-order valence-electron chi connectivity index (χ3n) is 5.10. The molecule has 0 saturated carbocycles. The van der Waals surface area contributed by atoms with E-state index in [1.54, 1.807) is 0 Å². The minimum absolute atomic E-state index is 0. The van der Waals surface area contributed by atoms with Crippen molar-refractivity contribution in [2.45, 2.75) is 38.1 Å². The Hall–Kier alpha value is -1.53. The van der Waals surface area contributed by atoms with Gasteiger partial charge in [-0.2, -0.15) is 0 Å². The van der Waals surface area contributed by atoms with E-state index in [4.69, 9.17) is 4.74 Å². The number of nitrogens with zero attached hydrogens (tertiary/aromatic N) is 1. The standard InChI is InChI=1S/C17H25N3O3.ClH/c1-23-16-11-18-13(9-15(16)21)17(22)19-10-12-5-4-8-20-7-3-2-6-14(12)20;/h9,11-12,14H,2-8,10H2,1H3,(H,18,21)(H,19,22);1H/t12-,14+;/m0./s1. The van der Waals surface area contributed by atoms with Crippen LogP contribution in [0.3, 0.4) is 0 Å². The molecule has 134 valence electrons. The van der Waals surface area contributed by atoms with Gasteiger partial charge in [-0.05, 0) is 44.7 Å². The number of hydrogen-bond donors (Lipinski definition) is 2. The summed E-state index contributed by atoms with van der Waals surface area (Å²) in [7, 11) is 1.43. The first kappa shape index (κ1) is 18.8. The van der Waals surface area contributed by atoms with Crippen molar-refractivity contribution in [3.63, 3.8) is 0 Å². The molecular formula is C17H26ClN3O3. The van der Waals surface area contributed by atoms with Crippen LogP contribution >= 0.6 is 12.4 Å². The maximum Gasteiger partial charge on any atom is 0.267 e. The number of carbonyl (C=O) groups excluding carboxylic acids is 1. The quantitative estimate of drug-likeness (QED) is 0.863. The lowest BCUT2D eigenvalue weighted by Crippen LogP contribution is -2.51. The fourth-order valence-electron chi connectivity index (χ4n) is 3.88. The summed E-state index contributed by atoms with van der Waals surface area (Å²) in [5, 5.41) is 2.99. The van der Waals surface area contributed by atoms with E-state index in [1.807, 2.05) is 0 Å². The second kappa shape index (κ2) is 8.53. The molecule has 0 bridgehead atoms. The van der Waals surface area contributed by atoms with Crippen LogP contribution in [-0.2, 0) is 0 Å². The molecule has 0 radical (unpaired) electrons. The molecule has 1 aromatic heterocycles. The Kier molecular flexibility index (Phi) is 6.69. The third kappa shape index (κ3) is 4.11. The van der Waals surface area contributed by atoms with Crippen LogP contribution in [0, 0.1) is 5.92 Å². The summed E-state index contributed by atoms with van der Waals surface area (Å²) in [5.74, 6) is 0.502. The second-order valence-corrected chi connectivity index (χ2v) is 6.49. The van der Waals surface area contributed by atoms with Gasteiger partial charge in [0, 0.05) is 24.8 Å². The average Bonchev–Trinajstić information content (AvgIpc) is 2.59. The summed E-state index contributed by atoms with van der Waals surface area (Å²) in [6, 6.07) is 1.90. The number of aromatic amines is 1. The van der Waals surface area contributed by atoms with Crippen LogP contribution in [0.25, 0.3) is 0 Å². The molecule has 6 nitrogen and oxygen atoms in total. The molecular weight excluding hydrogens is 330 g/mol. The minimum atomic E-state index is -0.285. The average molecular weight is 356 g/mol. The first-order valence-electron chi connectivity index (χ1n) is 8.48. The number of rotatable bonds is 4. The highest BCUT2D eigenvalue weighted by atomic mass is 35.5. The fourth-order valence-corrected chi connectivity index (χ4v) is 3.88. The van der Waals surface area contributed by atoms with E-state index in [-0.39, 0.29) is 35.2 Å². The molecule has 24 heavy (non-hydrogen) atoms. The highest BCUT2D eigenvalue weighted by Crippen LogP contribution is 2.30. The van der Waals surface area contributed by atoms with E-state index in [0.717, 1.165) is 0 Å². The smallest absolute Gasteiger partial charge is 0.267 e. The number of pyridine rings is 1. The Morgan fingerprint density at radius 2 is 2.12 bits per heavy atom. The van der Waals surface area contributed by atoms with Crippen molar-refractivity contribution in [1.82, 2.24) is 15.2 Å². The fraction of sp³-hybridized carbons (Fsp3) is 0.647. The van der Waals surface area contributed by atoms with Crippen LogP contribution in [0.5, 0.6) is 5.75 Å². The number of ether oxygens (including phenoxy) is 1. The highest BCUT2D eigenvalue weighted by molar-refractivity contribution is 5.92. The molecule has 1 aromatic rings. The van der Waals surface area contributed by atoms with E-state index in [1.165, 1.54) is 64.6 Å². The van der Waals surface area contributed by atoms with E-state index < -0.39 is 0 Å². The summed E-state index contributed by atoms with van der Waals surface area (Å²) in [5.41, 5.74) is -0.000341. The van der Waals surface area contributed by atoms with Gasteiger partial charge in [-0.3, -0.25) is 9.59 Å². The van der Waals surface area contributed by atoms with Crippen molar-refractivity contribution in [3.05, 3.63) is 28.2 Å². The molecule has 2 fully saturated rings. The van der Waals surface area contributed by atoms with Gasteiger partial charge >= 0.3 is 0 Å². The normalized spacial score (nSPS) is 23.7. The largest absolute Gasteiger partial charge is 0.491 e. The molecule has 3 heterocycles. The number of methoxy groups -OCH3 is 1. The van der Waals surface area contributed by atoms with Crippen LogP contribution in [0.4, 0.5) is 0 Å². The zero-order valence-electron chi connectivity index (χ0n) is 14.0. The van der Waals surface area contributed by atoms with E-state index in [2.05, 4.69) is 15.2 Å². The molecule has 2 N–H and O–H groups in total. The first-order valence-corrected chi connectivity index (χ1v) is 8.48. The van der Waals surface area contributed by atoms with E-state index in [9.17, 15) is 9.59 Å². The van der Waals surface area contributed by atoms with Crippen molar-refractivity contribution in [3.8, 4) is 5.75 Å². The van der Waals surface area contributed by atoms with Crippen LogP contribution < -0.4 is 15.5 Å². The van der Waals surface area contributed by atoms with Gasteiger partial charge in [0.05, 0.1) is 7.11 Å². The van der Waals surface area contributed by atoms with Gasteiger partial charge in [0.1, 0.15) is 5.69 Å². The number of H-pyrrole nitrogens is 1. The van der Waals surface area contributed by atoms with Gasteiger partial charge in [-0.15, -0.1) is 12.4 Å². The number of piperidine rings is 2. The molecule has 2 aliphatic rings. The monoisotopic (exact) mass is 355 g/mol. The summed E-state index contributed by atoms with van der Waals surface area (Å²) < 4.78 is 4.91. The lowest BCUT2D eigenvalue weighted by molar-refractivity contribution is 0.0575. The van der Waals surface area contributed by atoms with Gasteiger partial charge in [0.2, 0.25) is 5.43 Å². The molecule has 0 aromatic carbocycles. The predicted octanol–water partition coefficient (Wildman–Crippen LogP) is 1.80. The summed E-state index contributed by atoms with van der Waals surface area (Å²) in [6.07, 6.45) is 7.62. The zero-order valence-corrected chi connectivity index (χ0v) is 14.9. The first-order chi connectivity index (χ1) is 11.2. The van der Waals surface area contributed by atoms with Crippen molar-refractivity contribution in [2.24, 2.45) is 5.92 Å². The lowest BCUT2D eigenvalue weighted by atomic mass is 9.83. The minimum Gasteiger partial charge on any atom is -0.491 e. The van der Waals surface area contributed by atoms with Gasteiger partial charge in [0.15, 0.2) is 5.75 Å². The molecule has 0 spiro atoms. The summed E-state index contributed by atoms with van der Waals surface area (Å²) in [6.45, 7) is 3.07. The highest BCUT2D eigenvalue weighted by Gasteiger charge is 2.32. The molecule has 0 unspecified atom stereocenters. The van der Waals surface area contributed by atoms with Gasteiger partial charge in [-0.25, -0.2) is 0 Å².